The lowest BCUT2D eigenvalue weighted by Gasteiger charge is -2.28. The number of nitrogens with two attached hydrogens (primary N) is 1. The number of rotatable bonds is 20. The van der Waals surface area contributed by atoms with Crippen LogP contribution in [0.15, 0.2) is 126 Å². The second-order valence-corrected chi connectivity index (χ2v) is 13.7. The van der Waals surface area contributed by atoms with E-state index in [9.17, 15) is 19.8 Å². The average Bonchev–Trinajstić information content (AvgIpc) is 3.21. The van der Waals surface area contributed by atoms with E-state index < -0.39 is 0 Å². The highest BCUT2D eigenvalue weighted by Gasteiger charge is 2.25. The van der Waals surface area contributed by atoms with E-state index in [4.69, 9.17) is 5.73 Å². The average molecular weight is 787 g/mol. The van der Waals surface area contributed by atoms with Crippen molar-refractivity contribution >= 4 is 18.5 Å². The van der Waals surface area contributed by atoms with Gasteiger partial charge in [-0.25, -0.2) is 4.79 Å². The molecular weight excluding hydrogens is 709 g/mol. The number of carbonyl (C=O) groups excluding carboxylic acids is 2. The van der Waals surface area contributed by atoms with Crippen LogP contribution in [0.1, 0.15) is 104 Å². The fourth-order valence-corrected chi connectivity index (χ4v) is 5.80. The first-order valence-electron chi connectivity index (χ1n) is 18.9. The molecular formula is C49H78N4O4. The summed E-state index contributed by atoms with van der Waals surface area (Å²) in [6, 6.07) is 40.4. The third-order valence-corrected chi connectivity index (χ3v) is 9.34. The molecule has 0 aliphatic heterocycles. The van der Waals surface area contributed by atoms with Crippen LogP contribution in [-0.2, 0) is 28.5 Å². The third kappa shape index (κ3) is 23.9. The van der Waals surface area contributed by atoms with Crippen LogP contribution in [0.4, 0.5) is 4.79 Å². The molecule has 0 saturated carbocycles. The van der Waals surface area contributed by atoms with E-state index in [1.165, 1.54) is 22.9 Å². The molecule has 2 amide bonds. The van der Waals surface area contributed by atoms with Gasteiger partial charge in [-0.05, 0) is 67.3 Å². The van der Waals surface area contributed by atoms with Gasteiger partial charge in [0.05, 0.1) is 19.4 Å². The maximum absolute atomic E-state index is 11.8. The van der Waals surface area contributed by atoms with Gasteiger partial charge in [0.15, 0.2) is 6.29 Å². The Bertz CT molecular complexity index is 1520. The minimum atomic E-state index is -0.223. The molecule has 4 aromatic rings. The van der Waals surface area contributed by atoms with Crippen LogP contribution in [-0.4, -0.2) is 68.1 Å². The van der Waals surface area contributed by atoms with Gasteiger partial charge in [-0.3, -0.25) is 9.79 Å². The molecule has 318 valence electrons. The normalized spacial score (nSPS) is 12.0. The fourth-order valence-electron chi connectivity index (χ4n) is 5.80. The van der Waals surface area contributed by atoms with Gasteiger partial charge in [0.25, 0.3) is 0 Å². The van der Waals surface area contributed by atoms with Crippen molar-refractivity contribution in [3.8, 4) is 0 Å². The quantitative estimate of drug-likeness (QED) is 0.0345. The highest BCUT2D eigenvalue weighted by atomic mass is 16.3. The van der Waals surface area contributed by atoms with E-state index >= 15 is 0 Å². The maximum Gasteiger partial charge on any atom is 0.314 e. The summed E-state index contributed by atoms with van der Waals surface area (Å²) in [5, 5.41) is 25.1. The number of amides is 2. The molecule has 2 atom stereocenters. The smallest absolute Gasteiger partial charge is 0.314 e. The second-order valence-electron chi connectivity index (χ2n) is 13.7. The van der Waals surface area contributed by atoms with Gasteiger partial charge in [0, 0.05) is 30.5 Å². The maximum atomic E-state index is 11.8. The SMILES string of the molecule is C.C.C.C.CC(CO)(CCCCN)c1ccccc1.CC(CO)(CCCCNC(=O)NCCc1ccccc1)c1ccccc1.O=CC=NCCc1ccccc1. The molecule has 0 aromatic heterocycles. The standard InChI is InChI=1S/C22H30N2O2.C13H21NO.C10H11NO.4CH4/c1-22(18-25,20-12-6-3-7-13-20)15-8-9-16-23-21(26)24-17-14-19-10-4-2-5-11-19;1-13(11-15,9-5-6-10-14)12-7-3-2-4-8-12;12-9-8-11-7-6-10-4-2-1-3-5-10;;;;/h2-7,10-13,25H,8-9,14-18H2,1H3,(H2,23,24,26);2-4,7-8,15H,5-6,9-11,14H2,1H3;1-5,8-9H,6-7H2;4*1H4. The molecule has 0 bridgehead atoms. The molecule has 8 nitrogen and oxygen atoms in total. The number of aldehydes is 1. The van der Waals surface area contributed by atoms with Crippen molar-refractivity contribution in [2.24, 2.45) is 10.7 Å². The molecule has 57 heavy (non-hydrogen) atoms. The minimum Gasteiger partial charge on any atom is -0.395 e. The minimum absolute atomic E-state index is 0. The number of urea groups is 1. The van der Waals surface area contributed by atoms with E-state index in [0.29, 0.717) is 25.9 Å². The predicted octanol–water partition coefficient (Wildman–Crippen LogP) is 9.76. The van der Waals surface area contributed by atoms with Crippen LogP contribution < -0.4 is 16.4 Å². The number of unbranched alkanes of at least 4 members (excludes halogenated alkanes) is 2. The molecule has 0 saturated heterocycles. The molecule has 6 N–H and O–H groups in total. The third-order valence-electron chi connectivity index (χ3n) is 9.34. The number of aliphatic hydroxyl groups excluding tert-OH is 2. The van der Waals surface area contributed by atoms with E-state index in [-0.39, 0.29) is 59.8 Å². The number of nitrogens with one attached hydrogen (secondary N) is 2. The molecule has 0 heterocycles. The summed E-state index contributed by atoms with van der Waals surface area (Å²) < 4.78 is 0. The Balaban J connectivity index is -0.000000807. The van der Waals surface area contributed by atoms with Crippen molar-refractivity contribution in [3.05, 3.63) is 144 Å². The predicted molar refractivity (Wildman–Crippen MR) is 247 cm³/mol. The number of aliphatic imine (C=N–C) groups is 1. The van der Waals surface area contributed by atoms with E-state index in [1.807, 2.05) is 72.8 Å². The molecule has 0 spiro atoms. The van der Waals surface area contributed by atoms with E-state index in [1.54, 1.807) is 0 Å². The molecule has 0 fully saturated rings. The Morgan fingerprint density at radius 3 is 1.44 bits per heavy atom. The summed E-state index contributed by atoms with van der Waals surface area (Å²) in [5.74, 6) is 0. The molecule has 0 radical (unpaired) electrons. The van der Waals surface area contributed by atoms with E-state index in [0.717, 1.165) is 63.5 Å². The van der Waals surface area contributed by atoms with Crippen molar-refractivity contribution in [1.29, 1.82) is 0 Å². The monoisotopic (exact) mass is 787 g/mol. The first-order valence-corrected chi connectivity index (χ1v) is 18.9. The highest BCUT2D eigenvalue weighted by molar-refractivity contribution is 6.12. The van der Waals surface area contributed by atoms with Crippen LogP contribution in [0.5, 0.6) is 0 Å². The first-order chi connectivity index (χ1) is 25.8. The summed E-state index contributed by atoms with van der Waals surface area (Å²) in [4.78, 5) is 25.6. The second kappa shape index (κ2) is 34.6. The molecule has 0 aliphatic carbocycles. The Morgan fingerprint density at radius 1 is 0.614 bits per heavy atom. The van der Waals surface area contributed by atoms with Gasteiger partial charge in [-0.1, -0.05) is 178 Å². The molecule has 2 unspecified atom stereocenters. The van der Waals surface area contributed by atoms with Crippen molar-refractivity contribution < 1.29 is 19.8 Å². The van der Waals surface area contributed by atoms with Gasteiger partial charge in [0.1, 0.15) is 0 Å². The lowest BCUT2D eigenvalue weighted by atomic mass is 9.79. The van der Waals surface area contributed by atoms with Gasteiger partial charge >= 0.3 is 6.03 Å². The Morgan fingerprint density at radius 2 is 1.02 bits per heavy atom. The lowest BCUT2D eigenvalue weighted by Crippen LogP contribution is -2.37. The van der Waals surface area contributed by atoms with Crippen LogP contribution in [0.2, 0.25) is 0 Å². The topological polar surface area (TPSA) is 137 Å². The Labute approximate surface area is 347 Å². The number of hydrogen-bond donors (Lipinski definition) is 5. The van der Waals surface area contributed by atoms with Crippen LogP contribution in [0.3, 0.4) is 0 Å². The molecule has 0 aliphatic rings. The van der Waals surface area contributed by atoms with Gasteiger partial charge in [-0.15, -0.1) is 0 Å². The zero-order chi connectivity index (χ0) is 38.5. The van der Waals surface area contributed by atoms with Crippen LogP contribution in [0, 0.1) is 0 Å². The summed E-state index contributed by atoms with van der Waals surface area (Å²) in [6.07, 6.45) is 9.56. The molecule has 8 heteroatoms. The summed E-state index contributed by atoms with van der Waals surface area (Å²) in [5.41, 5.74) is 9.98. The Kier molecular flexibility index (Phi) is 34.4. The molecule has 4 aromatic carbocycles. The van der Waals surface area contributed by atoms with E-state index in [2.05, 4.69) is 78.0 Å². The number of carbonyl (C=O) groups is 2. The van der Waals surface area contributed by atoms with Crippen molar-refractivity contribution in [3.63, 3.8) is 0 Å². The fraction of sp³-hybridized carbons (Fsp3) is 0.449. The zero-order valence-electron chi connectivity index (χ0n) is 31.8. The summed E-state index contributed by atoms with van der Waals surface area (Å²) in [6.45, 7) is 7.22. The van der Waals surface area contributed by atoms with Crippen molar-refractivity contribution in [2.45, 2.75) is 106 Å². The van der Waals surface area contributed by atoms with Crippen LogP contribution >= 0.6 is 0 Å². The number of benzene rings is 4. The summed E-state index contributed by atoms with van der Waals surface area (Å²) >= 11 is 0. The van der Waals surface area contributed by atoms with Crippen molar-refractivity contribution in [2.75, 3.05) is 39.4 Å². The van der Waals surface area contributed by atoms with Gasteiger partial charge in [0.2, 0.25) is 0 Å². The largest absolute Gasteiger partial charge is 0.395 e. The first kappa shape index (κ1) is 56.7. The summed E-state index contributed by atoms with van der Waals surface area (Å²) in [7, 11) is 0. The highest BCUT2D eigenvalue weighted by Crippen LogP contribution is 2.29. The number of aliphatic hydroxyl groups is 2. The van der Waals surface area contributed by atoms with Crippen molar-refractivity contribution in [1.82, 2.24) is 10.6 Å². The number of nitrogens with zero attached hydrogens (tertiary/aromatic N) is 1. The van der Waals surface area contributed by atoms with Gasteiger partial charge < -0.3 is 26.6 Å². The molecule has 4 rings (SSSR count). The number of hydrogen-bond acceptors (Lipinski definition) is 6. The van der Waals surface area contributed by atoms with Gasteiger partial charge in [-0.2, -0.15) is 0 Å². The van der Waals surface area contributed by atoms with Crippen LogP contribution in [0.25, 0.3) is 0 Å². The lowest BCUT2D eigenvalue weighted by molar-refractivity contribution is -0.102. The zero-order valence-corrected chi connectivity index (χ0v) is 31.8. The Hall–Kier alpha value is -4.63.